The van der Waals surface area contributed by atoms with E-state index in [-0.39, 0.29) is 28.2 Å². The van der Waals surface area contributed by atoms with Crippen LogP contribution >= 0.6 is 0 Å². The maximum absolute atomic E-state index is 12.7. The predicted octanol–water partition coefficient (Wildman–Crippen LogP) is 2.78. The van der Waals surface area contributed by atoms with E-state index >= 15 is 0 Å². The summed E-state index contributed by atoms with van der Waals surface area (Å²) in [7, 11) is -4.00. The van der Waals surface area contributed by atoms with Gasteiger partial charge >= 0.3 is 12.0 Å². The number of nitrogens with one attached hydrogen (secondary N) is 3. The lowest BCUT2D eigenvalue weighted by Gasteiger charge is -2.12. The van der Waals surface area contributed by atoms with Crippen molar-refractivity contribution in [2.45, 2.75) is 30.7 Å². The summed E-state index contributed by atoms with van der Waals surface area (Å²) in [4.78, 5) is 22.8. The molecule has 0 saturated heterocycles. The van der Waals surface area contributed by atoms with Gasteiger partial charge in [-0.25, -0.2) is 18.0 Å². The lowest BCUT2D eigenvalue weighted by molar-refractivity contribution is 0.0696. The van der Waals surface area contributed by atoms with Crippen molar-refractivity contribution in [1.82, 2.24) is 5.32 Å². The summed E-state index contributed by atoms with van der Waals surface area (Å²) in [6.45, 7) is 1.58. The molecular formula is C18H19N3O5S. The van der Waals surface area contributed by atoms with E-state index in [0.717, 1.165) is 18.9 Å². The van der Waals surface area contributed by atoms with E-state index in [9.17, 15) is 18.0 Å². The number of hydrogen-bond acceptors (Lipinski definition) is 4. The minimum atomic E-state index is -4.00. The SMILES string of the molecule is Cc1ccc(C(=O)O)cc1S(=O)(=O)Nc1cccc(NC(=O)NC2CC2)c1. The maximum atomic E-state index is 12.7. The molecule has 0 atom stereocenters. The van der Waals surface area contributed by atoms with Gasteiger partial charge in [0.1, 0.15) is 0 Å². The second-order valence-corrected chi connectivity index (χ2v) is 8.00. The molecule has 1 fully saturated rings. The fraction of sp³-hybridized carbons (Fsp3) is 0.222. The number of carbonyl (C=O) groups excluding carboxylic acids is 1. The number of rotatable bonds is 6. The Morgan fingerprint density at radius 2 is 1.78 bits per heavy atom. The van der Waals surface area contributed by atoms with Crippen molar-refractivity contribution in [3.63, 3.8) is 0 Å². The summed E-state index contributed by atoms with van der Waals surface area (Å²) >= 11 is 0. The van der Waals surface area contributed by atoms with Gasteiger partial charge in [0.25, 0.3) is 10.0 Å². The standard InChI is InChI=1S/C18H19N3O5S/c1-11-5-6-12(17(22)23)9-16(11)27(25,26)21-15-4-2-3-14(10-15)20-18(24)19-13-7-8-13/h2-6,9-10,13,21H,7-8H2,1H3,(H,22,23)(H2,19,20,24). The second-order valence-electron chi connectivity index (χ2n) is 6.34. The Bertz CT molecular complexity index is 1000. The molecule has 1 aliphatic carbocycles. The van der Waals surface area contributed by atoms with E-state index in [1.54, 1.807) is 19.1 Å². The Kier molecular flexibility index (Phi) is 5.04. The molecule has 4 N–H and O–H groups in total. The van der Waals surface area contributed by atoms with Crippen molar-refractivity contribution in [1.29, 1.82) is 0 Å². The summed E-state index contributed by atoms with van der Waals surface area (Å²) in [5.41, 5.74) is 0.988. The molecular weight excluding hydrogens is 370 g/mol. The van der Waals surface area contributed by atoms with Crippen LogP contribution in [0.2, 0.25) is 0 Å². The molecule has 142 valence electrons. The molecule has 27 heavy (non-hydrogen) atoms. The zero-order valence-corrected chi connectivity index (χ0v) is 15.3. The first-order valence-electron chi connectivity index (χ1n) is 8.29. The van der Waals surface area contributed by atoms with E-state index in [4.69, 9.17) is 5.11 Å². The molecule has 0 unspecified atom stereocenters. The fourth-order valence-electron chi connectivity index (χ4n) is 2.47. The van der Waals surface area contributed by atoms with Crippen molar-refractivity contribution in [3.8, 4) is 0 Å². The monoisotopic (exact) mass is 389 g/mol. The van der Waals surface area contributed by atoms with Gasteiger partial charge < -0.3 is 15.7 Å². The van der Waals surface area contributed by atoms with Gasteiger partial charge in [-0.05, 0) is 55.7 Å². The van der Waals surface area contributed by atoms with Crippen LogP contribution in [0.15, 0.2) is 47.4 Å². The van der Waals surface area contributed by atoms with E-state index < -0.39 is 16.0 Å². The van der Waals surface area contributed by atoms with Gasteiger partial charge in [-0.1, -0.05) is 12.1 Å². The molecule has 0 bridgehead atoms. The van der Waals surface area contributed by atoms with Crippen LogP contribution in [-0.2, 0) is 10.0 Å². The third-order valence-corrected chi connectivity index (χ3v) is 5.53. The van der Waals surface area contributed by atoms with Crippen LogP contribution in [0.5, 0.6) is 0 Å². The average molecular weight is 389 g/mol. The summed E-state index contributed by atoms with van der Waals surface area (Å²) < 4.78 is 27.8. The highest BCUT2D eigenvalue weighted by molar-refractivity contribution is 7.92. The van der Waals surface area contributed by atoms with E-state index in [2.05, 4.69) is 15.4 Å². The van der Waals surface area contributed by atoms with Gasteiger partial charge in [0.15, 0.2) is 0 Å². The molecule has 1 saturated carbocycles. The smallest absolute Gasteiger partial charge is 0.335 e. The lowest BCUT2D eigenvalue weighted by atomic mass is 10.1. The van der Waals surface area contributed by atoms with Crippen molar-refractivity contribution in [3.05, 3.63) is 53.6 Å². The number of aryl methyl sites for hydroxylation is 1. The highest BCUT2D eigenvalue weighted by atomic mass is 32.2. The van der Waals surface area contributed by atoms with Crippen molar-refractivity contribution >= 4 is 33.4 Å². The number of hydrogen-bond donors (Lipinski definition) is 4. The Hall–Kier alpha value is -3.07. The van der Waals surface area contributed by atoms with E-state index in [1.807, 2.05) is 0 Å². The van der Waals surface area contributed by atoms with Crippen LogP contribution in [0.4, 0.5) is 16.2 Å². The zero-order valence-electron chi connectivity index (χ0n) is 14.5. The molecule has 0 radical (unpaired) electrons. The molecule has 0 spiro atoms. The Morgan fingerprint density at radius 3 is 2.44 bits per heavy atom. The van der Waals surface area contributed by atoms with Crippen LogP contribution in [-0.4, -0.2) is 31.6 Å². The molecule has 3 rings (SSSR count). The third kappa shape index (κ3) is 4.76. The zero-order chi connectivity index (χ0) is 19.6. The number of carbonyl (C=O) groups is 2. The van der Waals surface area contributed by atoms with Crippen LogP contribution in [0.1, 0.15) is 28.8 Å². The number of benzene rings is 2. The van der Waals surface area contributed by atoms with Crippen molar-refractivity contribution in [2.75, 3.05) is 10.0 Å². The third-order valence-electron chi connectivity index (χ3n) is 4.01. The summed E-state index contributed by atoms with van der Waals surface area (Å²) in [5, 5.41) is 14.5. The number of carboxylic acids is 1. The molecule has 0 aliphatic heterocycles. The van der Waals surface area contributed by atoms with Gasteiger partial charge in [0.2, 0.25) is 0 Å². The molecule has 2 aromatic rings. The number of aromatic carboxylic acids is 1. The highest BCUT2D eigenvalue weighted by Gasteiger charge is 2.23. The van der Waals surface area contributed by atoms with Gasteiger partial charge in [-0.2, -0.15) is 0 Å². The highest BCUT2D eigenvalue weighted by Crippen LogP contribution is 2.23. The van der Waals surface area contributed by atoms with E-state index in [0.29, 0.717) is 11.3 Å². The first-order chi connectivity index (χ1) is 12.7. The minimum absolute atomic E-state index is 0.117. The first kappa shape index (κ1) is 18.7. The lowest BCUT2D eigenvalue weighted by Crippen LogP contribution is -2.30. The summed E-state index contributed by atoms with van der Waals surface area (Å²) in [6.07, 6.45) is 1.92. The molecule has 2 amide bonds. The topological polar surface area (TPSA) is 125 Å². The number of anilines is 2. The van der Waals surface area contributed by atoms with Crippen molar-refractivity contribution in [2.24, 2.45) is 0 Å². The summed E-state index contributed by atoms with van der Waals surface area (Å²) in [6, 6.07) is 10.0. The van der Waals surface area contributed by atoms with E-state index in [1.165, 1.54) is 24.3 Å². The van der Waals surface area contributed by atoms with Crippen LogP contribution < -0.4 is 15.4 Å². The Labute approximate surface area is 156 Å². The molecule has 0 aromatic heterocycles. The number of carboxylic acid groups (broad SMARTS) is 1. The largest absolute Gasteiger partial charge is 0.478 e. The molecule has 1 aliphatic rings. The predicted molar refractivity (Wildman–Crippen MR) is 101 cm³/mol. The minimum Gasteiger partial charge on any atom is -0.478 e. The Morgan fingerprint density at radius 1 is 1.07 bits per heavy atom. The molecule has 2 aromatic carbocycles. The first-order valence-corrected chi connectivity index (χ1v) is 9.77. The number of amides is 2. The number of urea groups is 1. The van der Waals surface area contributed by atoms with Gasteiger partial charge in [-0.3, -0.25) is 4.72 Å². The van der Waals surface area contributed by atoms with Crippen molar-refractivity contribution < 1.29 is 23.1 Å². The Balaban J connectivity index is 1.79. The molecule has 8 nitrogen and oxygen atoms in total. The van der Waals surface area contributed by atoms with Gasteiger partial charge in [0.05, 0.1) is 16.1 Å². The number of sulfonamides is 1. The van der Waals surface area contributed by atoms with Crippen LogP contribution in [0.3, 0.4) is 0 Å². The van der Waals surface area contributed by atoms with Gasteiger partial charge in [-0.15, -0.1) is 0 Å². The average Bonchev–Trinajstić information content (AvgIpc) is 3.38. The molecule has 9 heteroatoms. The normalized spacial score (nSPS) is 13.7. The van der Waals surface area contributed by atoms with Crippen LogP contribution in [0, 0.1) is 6.92 Å². The fourth-order valence-corrected chi connectivity index (χ4v) is 3.79. The second kappa shape index (κ2) is 7.28. The van der Waals surface area contributed by atoms with Gasteiger partial charge in [0, 0.05) is 11.7 Å². The van der Waals surface area contributed by atoms with Crippen LogP contribution in [0.25, 0.3) is 0 Å². The summed E-state index contributed by atoms with van der Waals surface area (Å²) in [5.74, 6) is -1.21. The quantitative estimate of drug-likeness (QED) is 0.605. The molecule has 0 heterocycles. The maximum Gasteiger partial charge on any atom is 0.335 e.